The van der Waals surface area contributed by atoms with Gasteiger partial charge in [-0.3, -0.25) is 13.9 Å². The van der Waals surface area contributed by atoms with E-state index < -0.39 is 22.5 Å². The summed E-state index contributed by atoms with van der Waals surface area (Å²) in [5, 5.41) is 5.53. The summed E-state index contributed by atoms with van der Waals surface area (Å²) in [6, 6.07) is 20.6. The topological polar surface area (TPSA) is 105 Å². The zero-order valence-electron chi connectivity index (χ0n) is 21.7. The Morgan fingerprint density at radius 1 is 0.892 bits per heavy atom. The third-order valence-corrected chi connectivity index (χ3v) is 6.68. The van der Waals surface area contributed by atoms with Crippen molar-refractivity contribution >= 4 is 38.9 Å². The lowest BCUT2D eigenvalue weighted by Crippen LogP contribution is -2.37. The number of hydrogen-bond acceptors (Lipinski definition) is 5. The molecule has 0 aliphatic carbocycles. The van der Waals surface area contributed by atoms with Gasteiger partial charge >= 0.3 is 0 Å². The van der Waals surface area contributed by atoms with Gasteiger partial charge in [0.1, 0.15) is 12.3 Å². The highest BCUT2D eigenvalue weighted by Crippen LogP contribution is 2.24. The van der Waals surface area contributed by atoms with Gasteiger partial charge < -0.3 is 15.4 Å². The Kier molecular flexibility index (Phi) is 8.60. The van der Waals surface area contributed by atoms with E-state index in [0.717, 1.165) is 16.1 Å². The lowest BCUT2D eigenvalue weighted by molar-refractivity contribution is -0.114. The van der Waals surface area contributed by atoms with Crippen LogP contribution >= 0.6 is 0 Å². The lowest BCUT2D eigenvalue weighted by atomic mass is 9.87. The first-order valence-corrected chi connectivity index (χ1v) is 13.7. The van der Waals surface area contributed by atoms with Crippen molar-refractivity contribution in [1.29, 1.82) is 0 Å². The predicted octanol–water partition coefficient (Wildman–Crippen LogP) is 5.04. The third kappa shape index (κ3) is 7.82. The number of hydrogen-bond donors (Lipinski definition) is 2. The summed E-state index contributed by atoms with van der Waals surface area (Å²) in [5.74, 6) is -0.198. The molecule has 0 aromatic heterocycles. The van der Waals surface area contributed by atoms with Crippen molar-refractivity contribution in [3.05, 3.63) is 83.9 Å². The molecule has 0 saturated carbocycles. The average molecular weight is 524 g/mol. The van der Waals surface area contributed by atoms with Gasteiger partial charge in [-0.15, -0.1) is 0 Å². The summed E-state index contributed by atoms with van der Waals surface area (Å²) in [5.41, 5.74) is 2.89. The van der Waals surface area contributed by atoms with Crippen molar-refractivity contribution in [3.8, 4) is 5.75 Å². The molecule has 0 radical (unpaired) electrons. The smallest absolute Gasteiger partial charge is 0.255 e. The molecule has 2 amide bonds. The second-order valence-corrected chi connectivity index (χ2v) is 11.5. The summed E-state index contributed by atoms with van der Waals surface area (Å²) in [7, 11) is -3.72. The van der Waals surface area contributed by atoms with Crippen LogP contribution in [0, 0.1) is 0 Å². The lowest BCUT2D eigenvalue weighted by Gasteiger charge is -2.22. The van der Waals surface area contributed by atoms with Crippen LogP contribution in [0.3, 0.4) is 0 Å². The predicted molar refractivity (Wildman–Crippen MR) is 148 cm³/mol. The quantitative estimate of drug-likeness (QED) is 0.409. The first kappa shape index (κ1) is 27.7. The minimum Gasteiger partial charge on any atom is -0.494 e. The van der Waals surface area contributed by atoms with Gasteiger partial charge in [-0.2, -0.15) is 0 Å². The van der Waals surface area contributed by atoms with Gasteiger partial charge in [0, 0.05) is 16.9 Å². The fourth-order valence-electron chi connectivity index (χ4n) is 3.61. The van der Waals surface area contributed by atoms with Gasteiger partial charge in [-0.05, 0) is 72.5 Å². The van der Waals surface area contributed by atoms with E-state index in [0.29, 0.717) is 35.0 Å². The molecular weight excluding hydrogens is 490 g/mol. The highest BCUT2D eigenvalue weighted by molar-refractivity contribution is 7.92. The van der Waals surface area contributed by atoms with E-state index in [-0.39, 0.29) is 11.3 Å². The van der Waals surface area contributed by atoms with Gasteiger partial charge in [0.05, 0.1) is 18.6 Å². The van der Waals surface area contributed by atoms with Crippen LogP contribution in [0.15, 0.2) is 72.8 Å². The number of rotatable bonds is 9. The molecule has 8 nitrogen and oxygen atoms in total. The van der Waals surface area contributed by atoms with Crippen LogP contribution < -0.4 is 19.7 Å². The Hall–Kier alpha value is -3.85. The van der Waals surface area contributed by atoms with E-state index in [2.05, 4.69) is 31.4 Å². The fraction of sp³-hybridized carbons (Fsp3) is 0.286. The molecule has 3 aromatic rings. The summed E-state index contributed by atoms with van der Waals surface area (Å²) in [6.45, 7) is 8.25. The van der Waals surface area contributed by atoms with Crippen molar-refractivity contribution in [2.24, 2.45) is 0 Å². The molecule has 0 saturated heterocycles. The molecule has 37 heavy (non-hydrogen) atoms. The molecular formula is C28H33N3O5S. The van der Waals surface area contributed by atoms with Crippen molar-refractivity contribution in [2.75, 3.05) is 34.3 Å². The molecule has 0 fully saturated rings. The van der Waals surface area contributed by atoms with Crippen LogP contribution in [0.4, 0.5) is 17.1 Å². The molecule has 196 valence electrons. The van der Waals surface area contributed by atoms with Crippen LogP contribution in [0.1, 0.15) is 43.6 Å². The maximum atomic E-state index is 12.8. The Labute approximate surface area is 218 Å². The summed E-state index contributed by atoms with van der Waals surface area (Å²) >= 11 is 0. The van der Waals surface area contributed by atoms with Crippen LogP contribution in [-0.4, -0.2) is 39.6 Å². The molecule has 0 atom stereocenters. The molecule has 0 aliphatic heterocycles. The third-order valence-electron chi connectivity index (χ3n) is 5.54. The second-order valence-electron chi connectivity index (χ2n) is 9.61. The van der Waals surface area contributed by atoms with E-state index in [1.165, 1.54) is 0 Å². The molecule has 0 spiro atoms. The number of anilines is 3. The van der Waals surface area contributed by atoms with Crippen molar-refractivity contribution in [1.82, 2.24) is 0 Å². The summed E-state index contributed by atoms with van der Waals surface area (Å²) in [6.07, 6.45) is 1.04. The molecule has 0 bridgehead atoms. The summed E-state index contributed by atoms with van der Waals surface area (Å²) < 4.78 is 31.2. The second kappa shape index (κ2) is 11.5. The van der Waals surface area contributed by atoms with Crippen molar-refractivity contribution in [3.63, 3.8) is 0 Å². The number of benzene rings is 3. The minimum atomic E-state index is -3.72. The van der Waals surface area contributed by atoms with Crippen LogP contribution in [0.2, 0.25) is 0 Å². The molecule has 0 unspecified atom stereocenters. The Morgan fingerprint density at radius 2 is 1.49 bits per heavy atom. The van der Waals surface area contributed by atoms with E-state index in [4.69, 9.17) is 4.74 Å². The van der Waals surface area contributed by atoms with Gasteiger partial charge in [-0.1, -0.05) is 39.0 Å². The fourth-order valence-corrected chi connectivity index (χ4v) is 4.46. The first-order valence-electron chi connectivity index (χ1n) is 11.9. The van der Waals surface area contributed by atoms with Crippen molar-refractivity contribution in [2.45, 2.75) is 33.1 Å². The first-order chi connectivity index (χ1) is 17.4. The zero-order valence-corrected chi connectivity index (χ0v) is 22.6. The van der Waals surface area contributed by atoms with Gasteiger partial charge in [0.2, 0.25) is 15.9 Å². The van der Waals surface area contributed by atoms with Crippen LogP contribution in [0.25, 0.3) is 0 Å². The Bertz CT molecular complexity index is 1350. The van der Waals surface area contributed by atoms with Crippen LogP contribution in [-0.2, 0) is 20.2 Å². The zero-order chi connectivity index (χ0) is 27.2. The maximum Gasteiger partial charge on any atom is 0.255 e. The molecule has 2 N–H and O–H groups in total. The molecule has 0 heterocycles. The number of carbonyl (C=O) groups is 2. The Morgan fingerprint density at radius 3 is 2.03 bits per heavy atom. The van der Waals surface area contributed by atoms with E-state index in [1.807, 2.05) is 19.1 Å². The Balaban J connectivity index is 1.68. The SMILES string of the molecule is CCOc1ccc(N(CC(=O)Nc2cccc(NC(=O)c3ccc(C(C)(C)C)cc3)c2)S(C)(=O)=O)cc1. The number of nitrogens with one attached hydrogen (secondary N) is 2. The van der Waals surface area contributed by atoms with Crippen LogP contribution in [0.5, 0.6) is 5.75 Å². The maximum absolute atomic E-state index is 12.8. The van der Waals surface area contributed by atoms with Gasteiger partial charge in [-0.25, -0.2) is 8.42 Å². The number of sulfonamides is 1. The standard InChI is InChI=1S/C28H33N3O5S/c1-6-36-25-16-14-24(15-17-25)31(37(5,34)35)19-26(32)29-22-8-7-9-23(18-22)30-27(33)20-10-12-21(13-11-20)28(2,3)4/h7-18H,6,19H2,1-5H3,(H,29,32)(H,30,33). The summed E-state index contributed by atoms with van der Waals surface area (Å²) in [4.78, 5) is 25.5. The van der Waals surface area contributed by atoms with Gasteiger partial charge in [0.25, 0.3) is 5.91 Å². The number of nitrogens with zero attached hydrogens (tertiary/aromatic N) is 1. The molecule has 3 rings (SSSR count). The highest BCUT2D eigenvalue weighted by Gasteiger charge is 2.21. The average Bonchev–Trinajstić information content (AvgIpc) is 2.82. The van der Waals surface area contributed by atoms with E-state index >= 15 is 0 Å². The van der Waals surface area contributed by atoms with E-state index in [1.54, 1.807) is 60.7 Å². The monoisotopic (exact) mass is 523 g/mol. The largest absolute Gasteiger partial charge is 0.494 e. The van der Waals surface area contributed by atoms with E-state index in [9.17, 15) is 18.0 Å². The normalized spacial score (nSPS) is 11.5. The number of carbonyl (C=O) groups excluding carboxylic acids is 2. The van der Waals surface area contributed by atoms with Crippen molar-refractivity contribution < 1.29 is 22.7 Å². The number of ether oxygens (including phenoxy) is 1. The number of amides is 2. The highest BCUT2D eigenvalue weighted by atomic mass is 32.2. The molecule has 3 aromatic carbocycles. The molecule has 9 heteroatoms. The van der Waals surface area contributed by atoms with Gasteiger partial charge in [0.15, 0.2) is 0 Å². The molecule has 0 aliphatic rings. The minimum absolute atomic E-state index is 0.0127.